The number of nitrogens with one attached hydrogen (secondary N) is 1. The van der Waals surface area contributed by atoms with Gasteiger partial charge in [0, 0.05) is 42.9 Å². The maximum atomic E-state index is 12.9. The van der Waals surface area contributed by atoms with Crippen molar-refractivity contribution in [1.29, 1.82) is 0 Å². The van der Waals surface area contributed by atoms with Crippen LogP contribution in [0.5, 0.6) is 0 Å². The Kier molecular flexibility index (Phi) is 6.87. The van der Waals surface area contributed by atoms with Gasteiger partial charge in [0.05, 0.1) is 21.2 Å². The average Bonchev–Trinajstić information content (AvgIpc) is 3.21. The van der Waals surface area contributed by atoms with Gasteiger partial charge in [-0.05, 0) is 50.7 Å². The Bertz CT molecular complexity index is 1010. The fourth-order valence-electron chi connectivity index (χ4n) is 4.45. The summed E-state index contributed by atoms with van der Waals surface area (Å²) in [6.07, 6.45) is 1.53. The number of nitro benzene ring substituents is 1. The van der Waals surface area contributed by atoms with E-state index in [4.69, 9.17) is 0 Å². The quantitative estimate of drug-likeness (QED) is 0.483. The predicted octanol–water partition coefficient (Wildman–Crippen LogP) is 4.52. The first-order valence-electron chi connectivity index (χ1n) is 11.1. The number of anilines is 1. The summed E-state index contributed by atoms with van der Waals surface area (Å²) in [5.74, 6) is -0.280. The maximum Gasteiger partial charge on any atom is 0.416 e. The zero-order valence-corrected chi connectivity index (χ0v) is 18.8. The van der Waals surface area contributed by atoms with E-state index in [1.807, 2.05) is 0 Å². The molecule has 1 aliphatic heterocycles. The highest BCUT2D eigenvalue weighted by Crippen LogP contribution is 2.37. The number of carbonyl (C=O) groups is 1. The lowest BCUT2D eigenvalue weighted by atomic mass is 9.95. The van der Waals surface area contributed by atoms with Gasteiger partial charge in [0.25, 0.3) is 5.69 Å². The van der Waals surface area contributed by atoms with Crippen molar-refractivity contribution in [3.05, 3.63) is 49.5 Å². The molecule has 1 aromatic carbocycles. The third kappa shape index (κ3) is 5.45. The van der Waals surface area contributed by atoms with E-state index in [-0.39, 0.29) is 17.5 Å². The Morgan fingerprint density at radius 2 is 1.97 bits per heavy atom. The molecular formula is C22H25F3N4O3S. The molecule has 2 aliphatic rings. The van der Waals surface area contributed by atoms with Crippen LogP contribution < -0.4 is 10.2 Å². The molecule has 2 aromatic rings. The van der Waals surface area contributed by atoms with Gasteiger partial charge in [-0.15, -0.1) is 11.3 Å². The number of alkyl halides is 3. The molecule has 2 heterocycles. The van der Waals surface area contributed by atoms with Crippen LogP contribution in [0, 0.1) is 16.0 Å². The third-order valence-electron chi connectivity index (χ3n) is 6.23. The Morgan fingerprint density at radius 3 is 2.64 bits per heavy atom. The predicted molar refractivity (Wildman–Crippen MR) is 119 cm³/mol. The Labute approximate surface area is 193 Å². The van der Waals surface area contributed by atoms with Crippen molar-refractivity contribution in [2.75, 3.05) is 24.5 Å². The van der Waals surface area contributed by atoms with E-state index in [2.05, 4.69) is 10.3 Å². The number of piperidine rings is 1. The van der Waals surface area contributed by atoms with Crippen molar-refractivity contribution < 1.29 is 22.9 Å². The van der Waals surface area contributed by atoms with Crippen molar-refractivity contribution >= 4 is 28.6 Å². The number of nitrogens with zero attached hydrogens (tertiary/aromatic N) is 3. The normalized spacial score (nSPS) is 17.0. The zero-order valence-electron chi connectivity index (χ0n) is 18.0. The molecule has 178 valence electrons. The molecule has 1 aliphatic carbocycles. The summed E-state index contributed by atoms with van der Waals surface area (Å²) in [6, 6.07) is 2.58. The average molecular weight is 483 g/mol. The lowest BCUT2D eigenvalue weighted by molar-refractivity contribution is -0.384. The van der Waals surface area contributed by atoms with Crippen LogP contribution >= 0.6 is 11.3 Å². The summed E-state index contributed by atoms with van der Waals surface area (Å²) >= 11 is 1.73. The van der Waals surface area contributed by atoms with Crippen molar-refractivity contribution in [2.45, 2.75) is 51.1 Å². The first-order valence-corrected chi connectivity index (χ1v) is 11.9. The first-order chi connectivity index (χ1) is 15.7. The van der Waals surface area contributed by atoms with Crippen LogP contribution in [-0.4, -0.2) is 35.4 Å². The van der Waals surface area contributed by atoms with Crippen LogP contribution in [0.25, 0.3) is 0 Å². The highest BCUT2D eigenvalue weighted by molar-refractivity contribution is 7.11. The minimum atomic E-state index is -4.65. The summed E-state index contributed by atoms with van der Waals surface area (Å²) in [6.45, 7) is 1.24. The molecule has 1 amide bonds. The molecule has 1 saturated heterocycles. The fraction of sp³-hybridized carbons (Fsp3) is 0.545. The van der Waals surface area contributed by atoms with Crippen molar-refractivity contribution in [3.63, 3.8) is 0 Å². The first kappa shape index (κ1) is 23.5. The molecule has 7 nitrogen and oxygen atoms in total. The molecule has 0 radical (unpaired) electrons. The number of hydrogen-bond donors (Lipinski definition) is 1. The van der Waals surface area contributed by atoms with E-state index in [9.17, 15) is 28.1 Å². The highest BCUT2D eigenvalue weighted by atomic mass is 32.1. The second kappa shape index (κ2) is 9.66. The Balaban J connectivity index is 1.30. The number of aromatic nitrogens is 1. The zero-order chi connectivity index (χ0) is 23.6. The third-order valence-corrected chi connectivity index (χ3v) is 7.45. The largest absolute Gasteiger partial charge is 0.416 e. The minimum absolute atomic E-state index is 0.0575. The van der Waals surface area contributed by atoms with E-state index >= 15 is 0 Å². The molecule has 0 bridgehead atoms. The smallest absolute Gasteiger partial charge is 0.366 e. The number of fused-ring (bicyclic) bond motifs is 1. The molecule has 1 fully saturated rings. The van der Waals surface area contributed by atoms with E-state index in [1.54, 1.807) is 16.2 Å². The molecule has 0 saturated carbocycles. The number of carbonyl (C=O) groups excluding carboxylic acids is 1. The standard InChI is InChI=1S/C22H25F3N4O3S/c23-22(24,25)15-5-6-17(18(13-15)29(31)32)28-11-8-14(9-12-28)21(30)26-10-7-20-27-16-3-1-2-4-19(16)33-20/h5-6,13-14H,1-4,7-12H2,(H,26,30). The van der Waals surface area contributed by atoms with Crippen LogP contribution in [0.1, 0.15) is 46.8 Å². The minimum Gasteiger partial charge on any atom is -0.366 e. The number of rotatable bonds is 6. The molecule has 0 unspecified atom stereocenters. The second-order valence-electron chi connectivity index (χ2n) is 8.45. The molecule has 33 heavy (non-hydrogen) atoms. The summed E-state index contributed by atoms with van der Waals surface area (Å²) in [4.78, 5) is 30.9. The number of amides is 1. The summed E-state index contributed by atoms with van der Waals surface area (Å²) in [7, 11) is 0. The molecule has 0 spiro atoms. The monoisotopic (exact) mass is 482 g/mol. The number of aryl methyl sites for hydroxylation is 2. The van der Waals surface area contributed by atoms with E-state index < -0.39 is 22.4 Å². The molecule has 4 rings (SSSR count). The van der Waals surface area contributed by atoms with Crippen molar-refractivity contribution in [1.82, 2.24) is 10.3 Å². The van der Waals surface area contributed by atoms with Gasteiger partial charge in [0.15, 0.2) is 0 Å². The molecule has 1 aromatic heterocycles. The number of nitro groups is 1. The SMILES string of the molecule is O=C(NCCc1nc2c(s1)CCCC2)C1CCN(c2ccc(C(F)(F)F)cc2[N+](=O)[O-])CC1. The number of thiazole rings is 1. The van der Waals surface area contributed by atoms with Crippen LogP contribution in [0.2, 0.25) is 0 Å². The van der Waals surface area contributed by atoms with Gasteiger partial charge in [0.1, 0.15) is 5.69 Å². The van der Waals surface area contributed by atoms with Gasteiger partial charge in [-0.2, -0.15) is 13.2 Å². The molecule has 11 heteroatoms. The van der Waals surface area contributed by atoms with Crippen LogP contribution in [-0.2, 0) is 30.2 Å². The van der Waals surface area contributed by atoms with Crippen LogP contribution in [0.4, 0.5) is 24.5 Å². The van der Waals surface area contributed by atoms with Gasteiger partial charge in [0.2, 0.25) is 5.91 Å². The number of halogens is 3. The summed E-state index contributed by atoms with van der Waals surface area (Å²) in [5, 5.41) is 15.4. The van der Waals surface area contributed by atoms with Crippen LogP contribution in [0.15, 0.2) is 18.2 Å². The lowest BCUT2D eigenvalue weighted by Gasteiger charge is -2.32. The molecule has 1 N–H and O–H groups in total. The number of hydrogen-bond acceptors (Lipinski definition) is 6. The van der Waals surface area contributed by atoms with E-state index in [0.29, 0.717) is 45.0 Å². The van der Waals surface area contributed by atoms with Gasteiger partial charge in [-0.25, -0.2) is 4.98 Å². The highest BCUT2D eigenvalue weighted by Gasteiger charge is 2.35. The van der Waals surface area contributed by atoms with Gasteiger partial charge < -0.3 is 10.2 Å². The Hall–Kier alpha value is -2.69. The molecule has 0 atom stereocenters. The Morgan fingerprint density at radius 1 is 1.24 bits per heavy atom. The van der Waals surface area contributed by atoms with E-state index in [1.165, 1.54) is 23.4 Å². The lowest BCUT2D eigenvalue weighted by Crippen LogP contribution is -2.41. The summed E-state index contributed by atoms with van der Waals surface area (Å²) < 4.78 is 38.8. The molecular weight excluding hydrogens is 457 g/mol. The maximum absolute atomic E-state index is 12.9. The van der Waals surface area contributed by atoms with Gasteiger partial charge in [-0.1, -0.05) is 0 Å². The van der Waals surface area contributed by atoms with E-state index in [0.717, 1.165) is 30.0 Å². The summed E-state index contributed by atoms with van der Waals surface area (Å²) in [5.41, 5.74) is -0.260. The fourth-order valence-corrected chi connectivity index (χ4v) is 5.60. The second-order valence-corrected chi connectivity index (χ2v) is 9.61. The topological polar surface area (TPSA) is 88.4 Å². The van der Waals surface area contributed by atoms with Gasteiger partial charge >= 0.3 is 6.18 Å². The van der Waals surface area contributed by atoms with Crippen molar-refractivity contribution in [2.24, 2.45) is 5.92 Å². The van der Waals surface area contributed by atoms with Crippen LogP contribution in [0.3, 0.4) is 0 Å². The number of benzene rings is 1. The van der Waals surface area contributed by atoms with Gasteiger partial charge in [-0.3, -0.25) is 14.9 Å². The van der Waals surface area contributed by atoms with Crippen molar-refractivity contribution in [3.8, 4) is 0 Å².